The van der Waals surface area contributed by atoms with E-state index in [1.807, 2.05) is 31.2 Å². The second-order valence-corrected chi connectivity index (χ2v) is 8.42. The van der Waals surface area contributed by atoms with Crippen LogP contribution in [-0.4, -0.2) is 20.9 Å². The SMILES string of the molecule is CC(=O)Nc1cc(C)c(S(=O)(=O)N2CC(C)c3ccccc32)c(C)c1. The highest BCUT2D eigenvalue weighted by molar-refractivity contribution is 7.93. The van der Waals surface area contributed by atoms with E-state index in [9.17, 15) is 13.2 Å². The third-order valence-electron chi connectivity index (χ3n) is 4.50. The fraction of sp³-hybridized carbons (Fsp3) is 0.316. The van der Waals surface area contributed by atoms with Crippen LogP contribution in [0.2, 0.25) is 0 Å². The summed E-state index contributed by atoms with van der Waals surface area (Å²) in [6, 6.07) is 11.0. The van der Waals surface area contributed by atoms with Gasteiger partial charge in [-0.2, -0.15) is 0 Å². The third kappa shape index (κ3) is 3.02. The van der Waals surface area contributed by atoms with Crippen LogP contribution in [0.5, 0.6) is 0 Å². The molecule has 1 unspecified atom stereocenters. The van der Waals surface area contributed by atoms with Crippen molar-refractivity contribution in [1.29, 1.82) is 0 Å². The summed E-state index contributed by atoms with van der Waals surface area (Å²) >= 11 is 0. The molecule has 25 heavy (non-hydrogen) atoms. The van der Waals surface area contributed by atoms with Gasteiger partial charge in [0.1, 0.15) is 0 Å². The molecule has 0 bridgehead atoms. The molecule has 1 N–H and O–H groups in total. The number of anilines is 2. The number of hydrogen-bond acceptors (Lipinski definition) is 3. The zero-order valence-electron chi connectivity index (χ0n) is 14.8. The number of nitrogens with one attached hydrogen (secondary N) is 1. The topological polar surface area (TPSA) is 66.5 Å². The number of para-hydroxylation sites is 1. The van der Waals surface area contributed by atoms with Gasteiger partial charge in [-0.25, -0.2) is 8.42 Å². The molecule has 2 aromatic rings. The summed E-state index contributed by atoms with van der Waals surface area (Å²) in [5.74, 6) is -0.0260. The molecule has 0 fully saturated rings. The molecule has 1 heterocycles. The normalized spacial score (nSPS) is 16.6. The van der Waals surface area contributed by atoms with Crippen molar-refractivity contribution in [1.82, 2.24) is 0 Å². The number of carbonyl (C=O) groups excluding carboxylic acids is 1. The van der Waals surface area contributed by atoms with Crippen LogP contribution in [0, 0.1) is 13.8 Å². The molecule has 1 amide bonds. The van der Waals surface area contributed by atoms with Gasteiger partial charge >= 0.3 is 0 Å². The van der Waals surface area contributed by atoms with Gasteiger partial charge in [-0.15, -0.1) is 0 Å². The predicted molar refractivity (Wildman–Crippen MR) is 99.6 cm³/mol. The Balaban J connectivity index is 2.09. The van der Waals surface area contributed by atoms with E-state index in [0.29, 0.717) is 28.3 Å². The van der Waals surface area contributed by atoms with Crippen LogP contribution in [0.15, 0.2) is 41.3 Å². The summed E-state index contributed by atoms with van der Waals surface area (Å²) in [4.78, 5) is 11.6. The number of benzene rings is 2. The number of carbonyl (C=O) groups is 1. The van der Waals surface area contributed by atoms with Crippen LogP contribution in [0.1, 0.15) is 36.5 Å². The molecule has 0 aliphatic carbocycles. The zero-order valence-corrected chi connectivity index (χ0v) is 15.6. The minimum absolute atomic E-state index is 0.158. The second-order valence-electron chi connectivity index (χ2n) is 6.62. The van der Waals surface area contributed by atoms with E-state index in [0.717, 1.165) is 11.3 Å². The first-order chi connectivity index (χ1) is 11.7. The number of fused-ring (bicyclic) bond motifs is 1. The third-order valence-corrected chi connectivity index (χ3v) is 6.59. The van der Waals surface area contributed by atoms with Gasteiger partial charge in [0, 0.05) is 25.1 Å². The Kier molecular flexibility index (Phi) is 4.33. The van der Waals surface area contributed by atoms with Gasteiger partial charge < -0.3 is 5.32 Å². The van der Waals surface area contributed by atoms with Crippen LogP contribution in [-0.2, 0) is 14.8 Å². The lowest BCUT2D eigenvalue weighted by molar-refractivity contribution is -0.114. The van der Waals surface area contributed by atoms with Crippen molar-refractivity contribution < 1.29 is 13.2 Å². The molecule has 2 aromatic carbocycles. The van der Waals surface area contributed by atoms with E-state index in [4.69, 9.17) is 0 Å². The van der Waals surface area contributed by atoms with Gasteiger partial charge in [0.25, 0.3) is 10.0 Å². The molecule has 1 aliphatic heterocycles. The maximum Gasteiger partial charge on any atom is 0.264 e. The van der Waals surface area contributed by atoms with Crippen LogP contribution >= 0.6 is 0 Å². The van der Waals surface area contributed by atoms with Crippen molar-refractivity contribution in [2.24, 2.45) is 0 Å². The summed E-state index contributed by atoms with van der Waals surface area (Å²) in [5.41, 5.74) is 3.66. The lowest BCUT2D eigenvalue weighted by atomic mass is 10.0. The maximum absolute atomic E-state index is 13.4. The summed E-state index contributed by atoms with van der Waals surface area (Å²) in [7, 11) is -3.67. The van der Waals surface area contributed by atoms with Gasteiger partial charge in [0.05, 0.1) is 10.6 Å². The van der Waals surface area contributed by atoms with Crippen molar-refractivity contribution in [3.05, 3.63) is 53.1 Å². The fourth-order valence-corrected chi connectivity index (χ4v) is 5.54. The van der Waals surface area contributed by atoms with Crippen molar-refractivity contribution >= 4 is 27.3 Å². The van der Waals surface area contributed by atoms with Gasteiger partial charge in [0.2, 0.25) is 5.91 Å². The summed E-state index contributed by atoms with van der Waals surface area (Å²) in [5, 5.41) is 2.71. The molecule has 3 rings (SSSR count). The second kappa shape index (κ2) is 6.19. The maximum atomic E-state index is 13.4. The number of hydrogen-bond donors (Lipinski definition) is 1. The number of amides is 1. The highest BCUT2D eigenvalue weighted by atomic mass is 32.2. The fourth-order valence-electron chi connectivity index (χ4n) is 3.55. The van der Waals surface area contributed by atoms with Gasteiger partial charge in [-0.05, 0) is 48.7 Å². The Hall–Kier alpha value is -2.34. The van der Waals surface area contributed by atoms with Gasteiger partial charge in [-0.3, -0.25) is 9.10 Å². The molecular weight excluding hydrogens is 336 g/mol. The summed E-state index contributed by atoms with van der Waals surface area (Å²) < 4.78 is 28.2. The van der Waals surface area contributed by atoms with Crippen molar-refractivity contribution in [2.75, 3.05) is 16.2 Å². The minimum atomic E-state index is -3.67. The lowest BCUT2D eigenvalue weighted by Gasteiger charge is -2.23. The predicted octanol–water partition coefficient (Wildman–Crippen LogP) is 3.57. The van der Waals surface area contributed by atoms with Crippen molar-refractivity contribution in [3.63, 3.8) is 0 Å². The van der Waals surface area contributed by atoms with Crippen LogP contribution in [0.25, 0.3) is 0 Å². The number of nitrogens with zero attached hydrogens (tertiary/aromatic N) is 1. The van der Waals surface area contributed by atoms with Crippen molar-refractivity contribution in [2.45, 2.75) is 38.5 Å². The molecule has 6 heteroatoms. The van der Waals surface area contributed by atoms with Crippen LogP contribution < -0.4 is 9.62 Å². The minimum Gasteiger partial charge on any atom is -0.326 e. The van der Waals surface area contributed by atoms with Gasteiger partial charge in [0.15, 0.2) is 0 Å². The highest BCUT2D eigenvalue weighted by Gasteiger charge is 2.36. The number of aryl methyl sites for hydroxylation is 2. The standard InChI is InChI=1S/C19H22N2O3S/c1-12-9-16(20-15(4)22)10-13(2)19(12)25(23,24)21-11-14(3)17-7-5-6-8-18(17)21/h5-10,14H,11H2,1-4H3,(H,20,22). The number of rotatable bonds is 3. The molecular formula is C19H22N2O3S. The Bertz CT molecular complexity index is 928. The summed E-state index contributed by atoms with van der Waals surface area (Å²) in [6.07, 6.45) is 0. The average Bonchev–Trinajstić information content (AvgIpc) is 2.84. The first-order valence-corrected chi connectivity index (χ1v) is 9.66. The molecule has 0 aromatic heterocycles. The smallest absolute Gasteiger partial charge is 0.264 e. The zero-order chi connectivity index (χ0) is 18.4. The van der Waals surface area contributed by atoms with Crippen LogP contribution in [0.4, 0.5) is 11.4 Å². The Labute approximate surface area is 148 Å². The van der Waals surface area contributed by atoms with E-state index in [1.54, 1.807) is 26.0 Å². The molecule has 1 atom stereocenters. The van der Waals surface area contributed by atoms with Crippen LogP contribution in [0.3, 0.4) is 0 Å². The van der Waals surface area contributed by atoms with E-state index >= 15 is 0 Å². The molecule has 5 nitrogen and oxygen atoms in total. The molecule has 0 saturated carbocycles. The largest absolute Gasteiger partial charge is 0.326 e. The molecule has 1 aliphatic rings. The number of sulfonamides is 1. The van der Waals surface area contributed by atoms with E-state index in [1.165, 1.54) is 11.2 Å². The monoisotopic (exact) mass is 358 g/mol. The first-order valence-electron chi connectivity index (χ1n) is 8.22. The van der Waals surface area contributed by atoms with E-state index < -0.39 is 10.0 Å². The molecule has 0 radical (unpaired) electrons. The lowest BCUT2D eigenvalue weighted by Crippen LogP contribution is -2.31. The highest BCUT2D eigenvalue weighted by Crippen LogP contribution is 2.40. The van der Waals surface area contributed by atoms with E-state index in [2.05, 4.69) is 5.32 Å². The Morgan fingerprint density at radius 3 is 2.36 bits per heavy atom. The molecule has 0 spiro atoms. The first kappa shape index (κ1) is 17.5. The van der Waals surface area contributed by atoms with Gasteiger partial charge in [-0.1, -0.05) is 25.1 Å². The Morgan fingerprint density at radius 2 is 1.76 bits per heavy atom. The van der Waals surface area contributed by atoms with Crippen molar-refractivity contribution in [3.8, 4) is 0 Å². The molecule has 0 saturated heterocycles. The quantitative estimate of drug-likeness (QED) is 0.912. The van der Waals surface area contributed by atoms with E-state index in [-0.39, 0.29) is 11.8 Å². The summed E-state index contributed by atoms with van der Waals surface area (Å²) in [6.45, 7) is 7.42. The molecule has 132 valence electrons. The Morgan fingerprint density at radius 1 is 1.16 bits per heavy atom. The average molecular weight is 358 g/mol.